The van der Waals surface area contributed by atoms with Gasteiger partial charge >= 0.3 is 5.97 Å². The third-order valence-electron chi connectivity index (χ3n) is 3.41. The van der Waals surface area contributed by atoms with Crippen molar-refractivity contribution in [1.29, 1.82) is 0 Å². The Morgan fingerprint density at radius 1 is 1.42 bits per heavy atom. The molecule has 1 aliphatic rings. The third kappa shape index (κ3) is 5.68. The van der Waals surface area contributed by atoms with E-state index in [0.29, 0.717) is 17.2 Å². The van der Waals surface area contributed by atoms with E-state index >= 15 is 0 Å². The molecule has 0 bridgehead atoms. The fourth-order valence-corrected chi connectivity index (χ4v) is 4.06. The van der Waals surface area contributed by atoms with Crippen molar-refractivity contribution in [2.45, 2.75) is 25.5 Å². The lowest BCUT2D eigenvalue weighted by molar-refractivity contribution is -0.156. The number of sulfone groups is 1. The van der Waals surface area contributed by atoms with Gasteiger partial charge in [-0.3, -0.25) is 4.79 Å². The van der Waals surface area contributed by atoms with Crippen LogP contribution in [0, 0.1) is 0 Å². The maximum atomic E-state index is 11.9. The zero-order valence-corrected chi connectivity index (χ0v) is 14.6. The molecular weight excluding hydrogens is 358 g/mol. The van der Waals surface area contributed by atoms with Crippen LogP contribution in [0.25, 0.3) is 0 Å². The molecule has 9 heteroatoms. The first-order valence-corrected chi connectivity index (χ1v) is 9.54. The largest absolute Gasteiger partial charge is 0.482 e. The van der Waals surface area contributed by atoms with Crippen molar-refractivity contribution in [3.8, 4) is 5.75 Å². The summed E-state index contributed by atoms with van der Waals surface area (Å²) < 4.78 is 32.9. The number of hydrogen-bond donors (Lipinski definition) is 1. The molecule has 1 aromatic rings. The van der Waals surface area contributed by atoms with Crippen molar-refractivity contribution in [2.24, 2.45) is 0 Å². The van der Waals surface area contributed by atoms with Crippen LogP contribution in [-0.4, -0.2) is 50.6 Å². The molecule has 0 spiro atoms. The molecule has 1 aliphatic heterocycles. The molecule has 1 N–H and O–H groups in total. The number of ether oxygens (including phenoxy) is 2. The Labute approximate surface area is 145 Å². The Bertz CT molecular complexity index is 720. The predicted molar refractivity (Wildman–Crippen MR) is 87.7 cm³/mol. The molecule has 1 aromatic carbocycles. The van der Waals surface area contributed by atoms with Gasteiger partial charge in [0.2, 0.25) is 0 Å². The van der Waals surface area contributed by atoms with E-state index in [4.69, 9.17) is 21.1 Å². The van der Waals surface area contributed by atoms with E-state index in [1.54, 1.807) is 24.3 Å². The highest BCUT2D eigenvalue weighted by molar-refractivity contribution is 7.91. The highest BCUT2D eigenvalue weighted by Gasteiger charge is 2.30. The topological polar surface area (TPSA) is 98.8 Å². The third-order valence-corrected chi connectivity index (χ3v) is 5.41. The molecule has 1 fully saturated rings. The van der Waals surface area contributed by atoms with Crippen LogP contribution in [0.4, 0.5) is 0 Å². The molecule has 0 unspecified atom stereocenters. The van der Waals surface area contributed by atoms with Gasteiger partial charge in [0, 0.05) is 11.1 Å². The number of carbonyl (C=O) groups excluding carboxylic acids is 2. The van der Waals surface area contributed by atoms with Gasteiger partial charge in [-0.15, -0.1) is 0 Å². The van der Waals surface area contributed by atoms with E-state index in [0.717, 1.165) is 0 Å². The first-order valence-electron chi connectivity index (χ1n) is 7.34. The van der Waals surface area contributed by atoms with E-state index < -0.39 is 33.9 Å². The normalized spacial score (nSPS) is 20.2. The lowest BCUT2D eigenvalue weighted by atomic mass is 10.2. The number of amides is 1. The number of esters is 1. The van der Waals surface area contributed by atoms with Crippen LogP contribution in [-0.2, 0) is 24.2 Å². The van der Waals surface area contributed by atoms with Crippen molar-refractivity contribution in [3.63, 3.8) is 0 Å². The lowest BCUT2D eigenvalue weighted by Crippen LogP contribution is -2.43. The number of rotatable bonds is 6. The second-order valence-electron chi connectivity index (χ2n) is 5.49. The monoisotopic (exact) mass is 375 g/mol. The average molecular weight is 376 g/mol. The van der Waals surface area contributed by atoms with Gasteiger partial charge < -0.3 is 14.8 Å². The fraction of sp³-hybridized carbons (Fsp3) is 0.467. The van der Waals surface area contributed by atoms with Crippen molar-refractivity contribution >= 4 is 33.3 Å². The smallest absolute Gasteiger partial charge is 0.344 e. The zero-order valence-electron chi connectivity index (χ0n) is 13.0. The number of halogens is 1. The molecule has 0 aliphatic carbocycles. The molecule has 24 heavy (non-hydrogen) atoms. The van der Waals surface area contributed by atoms with Gasteiger partial charge in [-0.05, 0) is 31.5 Å². The summed E-state index contributed by atoms with van der Waals surface area (Å²) >= 11 is 5.80. The summed E-state index contributed by atoms with van der Waals surface area (Å²) in [5, 5.41) is 3.04. The molecular formula is C15H18ClNO6S. The number of hydrogen-bond acceptors (Lipinski definition) is 6. The molecule has 1 heterocycles. The quantitative estimate of drug-likeness (QED) is 0.743. The molecule has 0 radical (unpaired) electrons. The molecule has 1 saturated heterocycles. The minimum absolute atomic E-state index is 0.0551. The second-order valence-corrected chi connectivity index (χ2v) is 8.15. The first kappa shape index (κ1) is 18.5. The predicted octanol–water partition coefficient (Wildman–Crippen LogP) is 0.954. The summed E-state index contributed by atoms with van der Waals surface area (Å²) in [6, 6.07) is 6.09. The van der Waals surface area contributed by atoms with E-state index in [9.17, 15) is 18.0 Å². The van der Waals surface area contributed by atoms with E-state index in [2.05, 4.69) is 5.32 Å². The number of carbonyl (C=O) groups is 2. The molecule has 2 rings (SSSR count). The van der Waals surface area contributed by atoms with E-state index in [1.807, 2.05) is 0 Å². The van der Waals surface area contributed by atoms with E-state index in [-0.39, 0.29) is 18.1 Å². The van der Waals surface area contributed by atoms with Gasteiger partial charge in [0.1, 0.15) is 5.75 Å². The Balaban J connectivity index is 1.75. The van der Waals surface area contributed by atoms with Crippen molar-refractivity contribution < 1.29 is 27.5 Å². The van der Waals surface area contributed by atoms with Crippen LogP contribution in [0.2, 0.25) is 5.02 Å². The van der Waals surface area contributed by atoms with Crippen molar-refractivity contribution in [1.82, 2.24) is 5.32 Å². The van der Waals surface area contributed by atoms with E-state index in [1.165, 1.54) is 6.92 Å². The van der Waals surface area contributed by atoms with Crippen LogP contribution in [0.5, 0.6) is 5.75 Å². The van der Waals surface area contributed by atoms with Crippen molar-refractivity contribution in [3.05, 3.63) is 29.3 Å². The molecule has 132 valence electrons. The minimum Gasteiger partial charge on any atom is -0.482 e. The molecule has 0 saturated carbocycles. The van der Waals surface area contributed by atoms with Gasteiger partial charge in [-0.2, -0.15) is 0 Å². The SMILES string of the molecule is C[C@@H](OC(=O)COc1cccc(Cl)c1)C(=O)N[C@@H]1CCS(=O)(=O)C1. The minimum atomic E-state index is -3.09. The van der Waals surface area contributed by atoms with Crippen LogP contribution < -0.4 is 10.1 Å². The van der Waals surface area contributed by atoms with Gasteiger partial charge in [0.25, 0.3) is 5.91 Å². The van der Waals surface area contributed by atoms with Gasteiger partial charge in [0.15, 0.2) is 22.5 Å². The first-order chi connectivity index (χ1) is 11.2. The molecule has 1 amide bonds. The second kappa shape index (κ2) is 7.85. The Kier molecular flexibility index (Phi) is 6.06. The summed E-state index contributed by atoms with van der Waals surface area (Å²) in [5.74, 6) is -0.866. The lowest BCUT2D eigenvalue weighted by Gasteiger charge is -2.16. The standard InChI is InChI=1S/C15H18ClNO6S/c1-10(15(19)17-12-5-6-24(20,21)9-12)23-14(18)8-22-13-4-2-3-11(16)7-13/h2-4,7,10,12H,5-6,8-9H2,1H3,(H,17,19)/t10-,12-/m1/s1. The average Bonchev–Trinajstić information content (AvgIpc) is 2.84. The molecule has 7 nitrogen and oxygen atoms in total. The maximum absolute atomic E-state index is 11.9. The summed E-state index contributed by atoms with van der Waals surface area (Å²) in [4.78, 5) is 23.6. The van der Waals surface area contributed by atoms with Gasteiger partial charge in [-0.25, -0.2) is 13.2 Å². The van der Waals surface area contributed by atoms with Gasteiger partial charge in [0.05, 0.1) is 11.5 Å². The summed E-state index contributed by atoms with van der Waals surface area (Å²) in [7, 11) is -3.09. The van der Waals surface area contributed by atoms with Crippen LogP contribution in [0.3, 0.4) is 0 Å². The van der Waals surface area contributed by atoms with Crippen molar-refractivity contribution in [2.75, 3.05) is 18.1 Å². The summed E-state index contributed by atoms with van der Waals surface area (Å²) in [5.41, 5.74) is 0. The van der Waals surface area contributed by atoms with Gasteiger partial charge in [-0.1, -0.05) is 17.7 Å². The Morgan fingerprint density at radius 3 is 2.79 bits per heavy atom. The van der Waals surface area contributed by atoms with Crippen LogP contribution in [0.15, 0.2) is 24.3 Å². The number of benzene rings is 1. The Morgan fingerprint density at radius 2 is 2.17 bits per heavy atom. The fourth-order valence-electron chi connectivity index (χ4n) is 2.21. The summed E-state index contributed by atoms with van der Waals surface area (Å²) in [6.07, 6.45) is -0.671. The number of nitrogens with one attached hydrogen (secondary N) is 1. The summed E-state index contributed by atoms with van der Waals surface area (Å²) in [6.45, 7) is 1.05. The highest BCUT2D eigenvalue weighted by atomic mass is 35.5. The Hall–Kier alpha value is -1.80. The van der Waals surface area contributed by atoms with Crippen LogP contribution in [0.1, 0.15) is 13.3 Å². The maximum Gasteiger partial charge on any atom is 0.344 e. The molecule has 2 atom stereocenters. The highest BCUT2D eigenvalue weighted by Crippen LogP contribution is 2.17. The zero-order chi connectivity index (χ0) is 17.7. The van der Waals surface area contributed by atoms with Crippen LogP contribution >= 0.6 is 11.6 Å². The molecule has 0 aromatic heterocycles.